The first-order valence-electron chi connectivity index (χ1n) is 10.5. The zero-order chi connectivity index (χ0) is 25.9. The predicted molar refractivity (Wildman–Crippen MR) is 124 cm³/mol. The maximum absolute atomic E-state index is 14.2. The molecule has 12 heteroatoms. The van der Waals surface area contributed by atoms with E-state index in [9.17, 15) is 18.0 Å². The lowest BCUT2D eigenvalue weighted by Gasteiger charge is -2.24. The van der Waals surface area contributed by atoms with Gasteiger partial charge in [-0.3, -0.25) is 5.41 Å². The monoisotopic (exact) mass is 496 g/mol. The van der Waals surface area contributed by atoms with Crippen molar-refractivity contribution in [2.45, 2.75) is 18.7 Å². The van der Waals surface area contributed by atoms with Crippen molar-refractivity contribution in [1.29, 1.82) is 5.41 Å². The van der Waals surface area contributed by atoms with Crippen molar-refractivity contribution in [3.05, 3.63) is 84.4 Å². The molecule has 4 N–H and O–H groups in total. The molecule has 36 heavy (non-hydrogen) atoms. The van der Waals surface area contributed by atoms with Crippen LogP contribution in [0.25, 0.3) is 16.9 Å². The summed E-state index contributed by atoms with van der Waals surface area (Å²) in [5.41, 5.74) is 6.65. The molecule has 0 spiro atoms. The minimum absolute atomic E-state index is 0.0839. The normalized spacial score (nSPS) is 12.2. The van der Waals surface area contributed by atoms with Crippen LogP contribution in [-0.2, 0) is 11.2 Å². The highest BCUT2D eigenvalue weighted by atomic mass is 19.4. The highest BCUT2D eigenvalue weighted by Crippen LogP contribution is 2.39. The Kier molecular flexibility index (Phi) is 6.68. The molecule has 4 aromatic rings. The number of aliphatic carboxylic acids is 1. The number of ether oxygens (including phenoxy) is 1. The third-order valence-corrected chi connectivity index (χ3v) is 5.15. The highest BCUT2D eigenvalue weighted by Gasteiger charge is 2.44. The number of carboxylic acids is 1. The largest absolute Gasteiger partial charge is 0.477 e. The number of imidazole rings is 1. The number of rotatable bonds is 8. The summed E-state index contributed by atoms with van der Waals surface area (Å²) >= 11 is 0. The van der Waals surface area contributed by atoms with Crippen LogP contribution in [0.2, 0.25) is 0 Å². The Morgan fingerprint density at radius 1 is 1.14 bits per heavy atom. The lowest BCUT2D eigenvalue weighted by atomic mass is 10.0. The Labute approximate surface area is 202 Å². The number of benzene rings is 2. The molecule has 0 fully saturated rings. The van der Waals surface area contributed by atoms with E-state index in [-0.39, 0.29) is 35.2 Å². The zero-order valence-corrected chi connectivity index (χ0v) is 18.5. The quantitative estimate of drug-likeness (QED) is 0.310. The first-order chi connectivity index (χ1) is 17.1. The van der Waals surface area contributed by atoms with Gasteiger partial charge in [-0.1, -0.05) is 42.5 Å². The summed E-state index contributed by atoms with van der Waals surface area (Å²) in [6.45, 7) is 0. The third kappa shape index (κ3) is 5.49. The Hall–Kier alpha value is -4.74. The van der Waals surface area contributed by atoms with Gasteiger partial charge in [0, 0.05) is 36.0 Å². The van der Waals surface area contributed by atoms with Crippen LogP contribution in [0, 0.1) is 5.41 Å². The minimum atomic E-state index is -4.78. The molecule has 2 aromatic carbocycles. The number of nitrogen functional groups attached to an aromatic ring is 1. The Morgan fingerprint density at radius 3 is 2.50 bits per heavy atom. The van der Waals surface area contributed by atoms with E-state index in [0.29, 0.717) is 11.1 Å². The molecule has 2 heterocycles. The van der Waals surface area contributed by atoms with Gasteiger partial charge < -0.3 is 20.1 Å². The molecule has 0 aliphatic rings. The number of para-hydroxylation sites is 1. The number of anilines is 1. The summed E-state index contributed by atoms with van der Waals surface area (Å²) in [6, 6.07) is 13.5. The molecule has 0 aliphatic heterocycles. The molecule has 0 amide bonds. The average Bonchev–Trinajstić information content (AvgIpc) is 3.37. The van der Waals surface area contributed by atoms with E-state index in [1.807, 2.05) is 0 Å². The van der Waals surface area contributed by atoms with Crippen molar-refractivity contribution in [3.63, 3.8) is 0 Å². The molecular formula is C24H19F3N6O3. The number of aromatic nitrogens is 4. The Balaban J connectivity index is 1.66. The van der Waals surface area contributed by atoms with E-state index in [4.69, 9.17) is 21.0 Å². The predicted octanol–water partition coefficient (Wildman–Crippen LogP) is 4.24. The van der Waals surface area contributed by atoms with Crippen LogP contribution >= 0.6 is 0 Å². The molecule has 2 aromatic heterocycles. The van der Waals surface area contributed by atoms with Gasteiger partial charge in [0.1, 0.15) is 5.71 Å². The molecule has 1 atom stereocenters. The van der Waals surface area contributed by atoms with Crippen molar-refractivity contribution in [1.82, 2.24) is 19.5 Å². The molecule has 184 valence electrons. The van der Waals surface area contributed by atoms with Crippen LogP contribution in [0.3, 0.4) is 0 Å². The molecule has 0 radical (unpaired) electrons. The van der Waals surface area contributed by atoms with Crippen LogP contribution < -0.4 is 10.5 Å². The molecule has 0 saturated heterocycles. The number of alkyl halides is 3. The summed E-state index contributed by atoms with van der Waals surface area (Å²) in [6.07, 6.45) is -2.87. The van der Waals surface area contributed by atoms with Crippen LogP contribution in [0.5, 0.6) is 5.88 Å². The van der Waals surface area contributed by atoms with E-state index in [0.717, 1.165) is 0 Å². The molecule has 0 saturated carbocycles. The smallest absolute Gasteiger partial charge is 0.429 e. The van der Waals surface area contributed by atoms with Crippen molar-refractivity contribution in [2.24, 2.45) is 0 Å². The fraction of sp³-hybridized carbons (Fsp3) is 0.125. The summed E-state index contributed by atoms with van der Waals surface area (Å²) in [5, 5.41) is 16.3. The van der Waals surface area contributed by atoms with Crippen molar-refractivity contribution >= 4 is 17.6 Å². The number of carbonyl (C=O) groups is 1. The fourth-order valence-corrected chi connectivity index (χ4v) is 3.50. The fourth-order valence-electron chi connectivity index (χ4n) is 3.50. The number of nitrogens with two attached hydrogens (primary N) is 1. The van der Waals surface area contributed by atoms with Gasteiger partial charge in [0.25, 0.3) is 0 Å². The first kappa shape index (κ1) is 24.4. The standard InChI is InChI=1S/C24H19F3N6O3/c25-24(26,27)21(16-3-1-2-4-19(16)33-10-9-30-13-33)36-20-12-18(31-23(29)32-20)15-7-5-14(6-8-15)11-17(28)22(34)35/h1-10,12-13,21,28H,11H2,(H,34,35)(H2,29,31,32). The summed E-state index contributed by atoms with van der Waals surface area (Å²) in [4.78, 5) is 22.7. The molecule has 9 nitrogen and oxygen atoms in total. The van der Waals surface area contributed by atoms with Gasteiger partial charge >= 0.3 is 12.1 Å². The van der Waals surface area contributed by atoms with Gasteiger partial charge in [-0.2, -0.15) is 18.2 Å². The molecule has 0 aliphatic carbocycles. The number of halogens is 3. The highest BCUT2D eigenvalue weighted by molar-refractivity contribution is 6.34. The van der Waals surface area contributed by atoms with Gasteiger partial charge in [0.15, 0.2) is 0 Å². The van der Waals surface area contributed by atoms with Gasteiger partial charge in [-0.05, 0) is 11.6 Å². The number of nitrogens with zero attached hydrogens (tertiary/aromatic N) is 4. The van der Waals surface area contributed by atoms with E-state index < -0.39 is 24.0 Å². The topological polar surface area (TPSA) is 140 Å². The van der Waals surface area contributed by atoms with Crippen molar-refractivity contribution in [3.8, 4) is 22.8 Å². The Morgan fingerprint density at radius 2 is 1.86 bits per heavy atom. The summed E-state index contributed by atoms with van der Waals surface area (Å²) in [7, 11) is 0. The van der Waals surface area contributed by atoms with E-state index in [1.165, 1.54) is 47.6 Å². The maximum Gasteiger partial charge on any atom is 0.429 e. The first-order valence-corrected chi connectivity index (χ1v) is 10.5. The maximum atomic E-state index is 14.2. The summed E-state index contributed by atoms with van der Waals surface area (Å²) < 4.78 is 49.3. The van der Waals surface area contributed by atoms with Crippen LogP contribution in [0.15, 0.2) is 73.3 Å². The molecule has 1 unspecified atom stereocenters. The molecule has 0 bridgehead atoms. The SMILES string of the molecule is N=C(Cc1ccc(-c2cc(OC(c3ccccc3-n3ccnc3)C(F)(F)F)nc(N)n2)cc1)C(=O)O. The Bertz CT molecular complexity index is 1390. The van der Waals surface area contributed by atoms with Crippen molar-refractivity contribution in [2.75, 3.05) is 5.73 Å². The van der Waals surface area contributed by atoms with Crippen LogP contribution in [0.1, 0.15) is 17.2 Å². The van der Waals surface area contributed by atoms with Gasteiger partial charge in [0.2, 0.25) is 17.9 Å². The van der Waals surface area contributed by atoms with Crippen molar-refractivity contribution < 1.29 is 27.8 Å². The minimum Gasteiger partial charge on any atom is -0.477 e. The van der Waals surface area contributed by atoms with Crippen LogP contribution in [0.4, 0.5) is 19.1 Å². The van der Waals surface area contributed by atoms with E-state index in [1.54, 1.807) is 30.3 Å². The van der Waals surface area contributed by atoms with E-state index in [2.05, 4.69) is 15.0 Å². The lowest BCUT2D eigenvalue weighted by Crippen LogP contribution is -2.27. The average molecular weight is 496 g/mol. The van der Waals surface area contributed by atoms with E-state index >= 15 is 0 Å². The third-order valence-electron chi connectivity index (χ3n) is 5.15. The second kappa shape index (κ2) is 9.86. The molecule has 4 rings (SSSR count). The van der Waals surface area contributed by atoms with Gasteiger partial charge in [-0.15, -0.1) is 0 Å². The number of carboxylic acid groups (broad SMARTS) is 1. The lowest BCUT2D eigenvalue weighted by molar-refractivity contribution is -0.198. The second-order valence-corrected chi connectivity index (χ2v) is 7.68. The summed E-state index contributed by atoms with van der Waals surface area (Å²) in [5.74, 6) is -1.99. The van der Waals surface area contributed by atoms with Crippen LogP contribution in [-0.4, -0.2) is 42.5 Å². The second-order valence-electron chi connectivity index (χ2n) is 7.68. The van der Waals surface area contributed by atoms with Gasteiger partial charge in [0.05, 0.1) is 17.7 Å². The van der Waals surface area contributed by atoms with Gasteiger partial charge in [-0.25, -0.2) is 14.8 Å². The number of hydrogen-bond donors (Lipinski definition) is 3. The number of hydrogen-bond acceptors (Lipinski definition) is 7. The number of nitrogens with one attached hydrogen (secondary N) is 1. The zero-order valence-electron chi connectivity index (χ0n) is 18.5. The molecular weight excluding hydrogens is 477 g/mol.